The van der Waals surface area contributed by atoms with Gasteiger partial charge in [0.15, 0.2) is 5.58 Å². The molecular weight excluding hydrogens is 392 g/mol. The van der Waals surface area contributed by atoms with Crippen LogP contribution in [0.3, 0.4) is 0 Å². The van der Waals surface area contributed by atoms with Crippen molar-refractivity contribution in [3.05, 3.63) is 76.3 Å². The number of benzene rings is 3. The third-order valence-corrected chi connectivity index (χ3v) is 4.49. The number of aromatic nitrogens is 1. The van der Waals surface area contributed by atoms with Gasteiger partial charge >= 0.3 is 0 Å². The number of phenolic OH excluding ortho intramolecular Hbond substituents is 1. The molecule has 5 heteroatoms. The zero-order valence-corrected chi connectivity index (χ0v) is 15.6. The van der Waals surface area contributed by atoms with Gasteiger partial charge in [0, 0.05) is 21.8 Å². The number of rotatable bonds is 3. The van der Waals surface area contributed by atoms with Crippen LogP contribution >= 0.6 is 15.9 Å². The van der Waals surface area contributed by atoms with E-state index in [2.05, 4.69) is 25.9 Å². The normalized spacial score (nSPS) is 11.5. The number of fused-ring (bicyclic) bond motifs is 1. The zero-order valence-electron chi connectivity index (χ0n) is 14.0. The Bertz CT molecular complexity index is 1110. The molecule has 0 aliphatic carbocycles. The highest BCUT2D eigenvalue weighted by atomic mass is 79.9. The van der Waals surface area contributed by atoms with Crippen molar-refractivity contribution in [2.45, 2.75) is 6.92 Å². The quantitative estimate of drug-likeness (QED) is 0.423. The van der Waals surface area contributed by atoms with Crippen LogP contribution in [0.1, 0.15) is 11.1 Å². The van der Waals surface area contributed by atoms with Crippen LogP contribution in [-0.4, -0.2) is 16.3 Å². The molecule has 3 aromatic carbocycles. The summed E-state index contributed by atoms with van der Waals surface area (Å²) >= 11 is 3.39. The molecule has 0 saturated heterocycles. The predicted octanol–water partition coefficient (Wildman–Crippen LogP) is 6.02. The van der Waals surface area contributed by atoms with Gasteiger partial charge in [0.25, 0.3) is 0 Å². The number of nitrogens with zero attached hydrogens (tertiary/aromatic N) is 2. The Balaban J connectivity index is 1.59. The molecule has 0 bridgehead atoms. The highest BCUT2D eigenvalue weighted by molar-refractivity contribution is 9.10. The van der Waals surface area contributed by atoms with E-state index in [4.69, 9.17) is 4.42 Å². The van der Waals surface area contributed by atoms with Gasteiger partial charge in [-0.1, -0.05) is 22.0 Å². The van der Waals surface area contributed by atoms with E-state index in [9.17, 15) is 5.11 Å². The van der Waals surface area contributed by atoms with Crippen molar-refractivity contribution in [3.8, 4) is 17.2 Å². The number of hydrogen-bond donors (Lipinski definition) is 1. The van der Waals surface area contributed by atoms with Crippen LogP contribution in [0, 0.1) is 6.92 Å². The van der Waals surface area contributed by atoms with Gasteiger partial charge in [0.2, 0.25) is 5.89 Å². The van der Waals surface area contributed by atoms with Crippen molar-refractivity contribution in [2.75, 3.05) is 0 Å². The number of hydrogen-bond acceptors (Lipinski definition) is 4. The highest BCUT2D eigenvalue weighted by Gasteiger charge is 2.08. The van der Waals surface area contributed by atoms with Gasteiger partial charge in [-0.05, 0) is 67.1 Å². The van der Waals surface area contributed by atoms with Gasteiger partial charge in [0.1, 0.15) is 11.3 Å². The number of aryl methyl sites for hydroxylation is 1. The number of aromatic hydroxyl groups is 1. The van der Waals surface area contributed by atoms with Gasteiger partial charge in [-0.2, -0.15) is 0 Å². The molecule has 0 unspecified atom stereocenters. The first-order chi connectivity index (χ1) is 12.6. The molecule has 0 amide bonds. The zero-order chi connectivity index (χ0) is 18.1. The van der Waals surface area contributed by atoms with E-state index in [1.165, 1.54) is 0 Å². The summed E-state index contributed by atoms with van der Waals surface area (Å²) in [5.74, 6) is 0.779. The number of halogens is 1. The van der Waals surface area contributed by atoms with Crippen molar-refractivity contribution >= 4 is 38.9 Å². The first-order valence-corrected chi connectivity index (χ1v) is 8.88. The Morgan fingerprint density at radius 1 is 1.04 bits per heavy atom. The summed E-state index contributed by atoms with van der Waals surface area (Å²) in [4.78, 5) is 8.96. The summed E-state index contributed by atoms with van der Waals surface area (Å²) in [6.07, 6.45) is 1.64. The summed E-state index contributed by atoms with van der Waals surface area (Å²) in [7, 11) is 0. The van der Waals surface area contributed by atoms with Gasteiger partial charge in [-0.25, -0.2) is 4.98 Å². The fourth-order valence-electron chi connectivity index (χ4n) is 2.62. The molecule has 0 aliphatic rings. The van der Waals surface area contributed by atoms with E-state index in [1.54, 1.807) is 18.3 Å². The molecule has 1 aromatic heterocycles. The molecule has 4 rings (SSSR count). The monoisotopic (exact) mass is 406 g/mol. The standard InChI is InChI=1S/C21H15BrN2O2/c1-13-2-9-20-18(10-13)24-21(26-20)14-3-6-17(7-4-14)23-12-15-11-16(22)5-8-19(15)25/h2-12,25H,1H3. The molecule has 0 aliphatic heterocycles. The molecule has 1 N–H and O–H groups in total. The lowest BCUT2D eigenvalue weighted by Gasteiger charge is -2.00. The molecule has 0 spiro atoms. The number of phenols is 1. The molecular formula is C21H15BrN2O2. The Hall–Kier alpha value is -2.92. The maximum absolute atomic E-state index is 9.86. The SMILES string of the molecule is Cc1ccc2oc(-c3ccc(N=Cc4cc(Br)ccc4O)cc3)nc2c1. The van der Waals surface area contributed by atoms with E-state index < -0.39 is 0 Å². The summed E-state index contributed by atoms with van der Waals surface area (Å²) in [6, 6.07) is 18.8. The molecule has 0 fully saturated rings. The Kier molecular flexibility index (Phi) is 4.31. The second-order valence-corrected chi connectivity index (χ2v) is 6.91. The Morgan fingerprint density at radius 3 is 2.65 bits per heavy atom. The average molecular weight is 407 g/mol. The summed E-state index contributed by atoms with van der Waals surface area (Å²) < 4.78 is 6.71. The number of oxazole rings is 1. The van der Waals surface area contributed by atoms with Crippen LogP contribution in [0.15, 0.2) is 74.5 Å². The van der Waals surface area contributed by atoms with E-state index in [1.807, 2.05) is 55.5 Å². The van der Waals surface area contributed by atoms with Crippen LogP contribution in [0.5, 0.6) is 5.75 Å². The summed E-state index contributed by atoms with van der Waals surface area (Å²) in [6.45, 7) is 2.03. The van der Waals surface area contributed by atoms with Crippen molar-refractivity contribution in [2.24, 2.45) is 4.99 Å². The largest absolute Gasteiger partial charge is 0.507 e. The third-order valence-electron chi connectivity index (χ3n) is 4.00. The topological polar surface area (TPSA) is 58.6 Å². The Morgan fingerprint density at radius 2 is 1.85 bits per heavy atom. The molecule has 0 saturated carbocycles. The molecule has 26 heavy (non-hydrogen) atoms. The molecule has 0 atom stereocenters. The van der Waals surface area contributed by atoms with E-state index in [0.29, 0.717) is 11.5 Å². The molecule has 0 radical (unpaired) electrons. The average Bonchev–Trinajstić information content (AvgIpc) is 3.06. The summed E-state index contributed by atoms with van der Waals surface area (Å²) in [5, 5.41) is 9.86. The second kappa shape index (κ2) is 6.77. The lowest BCUT2D eigenvalue weighted by atomic mass is 10.2. The van der Waals surface area contributed by atoms with E-state index >= 15 is 0 Å². The minimum absolute atomic E-state index is 0.190. The van der Waals surface area contributed by atoms with Gasteiger partial charge in [-0.3, -0.25) is 4.99 Å². The molecule has 128 valence electrons. The third kappa shape index (κ3) is 3.39. The maximum Gasteiger partial charge on any atom is 0.227 e. The van der Waals surface area contributed by atoms with Gasteiger partial charge in [-0.15, -0.1) is 0 Å². The minimum Gasteiger partial charge on any atom is -0.507 e. The molecule has 4 aromatic rings. The first kappa shape index (κ1) is 16.5. The van der Waals surface area contributed by atoms with Crippen LogP contribution in [0.4, 0.5) is 5.69 Å². The van der Waals surface area contributed by atoms with E-state index in [-0.39, 0.29) is 5.75 Å². The van der Waals surface area contributed by atoms with Crippen molar-refractivity contribution in [3.63, 3.8) is 0 Å². The van der Waals surface area contributed by atoms with Gasteiger partial charge in [0.05, 0.1) is 5.69 Å². The van der Waals surface area contributed by atoms with Crippen molar-refractivity contribution in [1.82, 2.24) is 4.98 Å². The Labute approximate surface area is 159 Å². The fourth-order valence-corrected chi connectivity index (χ4v) is 3.00. The van der Waals surface area contributed by atoms with Crippen LogP contribution in [0.25, 0.3) is 22.6 Å². The molecule has 4 nitrogen and oxygen atoms in total. The van der Waals surface area contributed by atoms with Crippen molar-refractivity contribution in [1.29, 1.82) is 0 Å². The van der Waals surface area contributed by atoms with Crippen molar-refractivity contribution < 1.29 is 9.52 Å². The fraction of sp³-hybridized carbons (Fsp3) is 0.0476. The predicted molar refractivity (Wildman–Crippen MR) is 107 cm³/mol. The number of aliphatic imine (C=N–C) groups is 1. The van der Waals surface area contributed by atoms with Crippen LogP contribution < -0.4 is 0 Å². The molecule has 1 heterocycles. The highest BCUT2D eigenvalue weighted by Crippen LogP contribution is 2.27. The smallest absolute Gasteiger partial charge is 0.227 e. The lowest BCUT2D eigenvalue weighted by Crippen LogP contribution is -1.82. The van der Waals surface area contributed by atoms with Crippen LogP contribution in [-0.2, 0) is 0 Å². The first-order valence-electron chi connectivity index (χ1n) is 8.09. The summed E-state index contributed by atoms with van der Waals surface area (Å²) in [5.41, 5.74) is 5.10. The maximum atomic E-state index is 9.86. The van der Waals surface area contributed by atoms with Crippen LogP contribution in [0.2, 0.25) is 0 Å². The second-order valence-electron chi connectivity index (χ2n) is 6.00. The lowest BCUT2D eigenvalue weighted by molar-refractivity contribution is 0.474. The van der Waals surface area contributed by atoms with Gasteiger partial charge < -0.3 is 9.52 Å². The van der Waals surface area contributed by atoms with E-state index in [0.717, 1.165) is 32.4 Å². The minimum atomic E-state index is 0.190.